The molecule has 0 spiro atoms. The van der Waals surface area contributed by atoms with Crippen LogP contribution in [0.4, 0.5) is 0 Å². The van der Waals surface area contributed by atoms with E-state index in [1.807, 2.05) is 0 Å². The molecule has 0 aliphatic carbocycles. The Morgan fingerprint density at radius 2 is 1.14 bits per heavy atom. The Balaban J connectivity index is -0.0000000800. The smallest absolute Gasteiger partial charge is 0.822 e. The molecule has 0 bridgehead atoms. The average Bonchev–Trinajstić information content (AvgIpc) is 0.722. The summed E-state index contributed by atoms with van der Waals surface area (Å²) in [4.78, 5) is 25.6. The molecular formula is LiNdO4P+. The van der Waals surface area contributed by atoms with Crippen LogP contribution in [0.15, 0.2) is 0 Å². The van der Waals surface area contributed by atoms with Gasteiger partial charge < -0.3 is 19.2 Å². The molecule has 0 amide bonds. The van der Waals surface area contributed by atoms with E-state index in [2.05, 4.69) is 0 Å². The van der Waals surface area contributed by atoms with E-state index in [-0.39, 0.29) is 59.7 Å². The third-order valence-corrected chi connectivity index (χ3v) is 0. The Hall–Kier alpha value is 2.06. The van der Waals surface area contributed by atoms with Gasteiger partial charge in [-0.15, -0.1) is 0 Å². The van der Waals surface area contributed by atoms with Crippen LogP contribution in [0.25, 0.3) is 0 Å². The normalized spacial score (nSPS) is 8.43. The first-order chi connectivity index (χ1) is 2.00. The zero-order chi connectivity index (χ0) is 4.50. The maximum atomic E-state index is 8.55. The van der Waals surface area contributed by atoms with E-state index < -0.39 is 7.82 Å². The van der Waals surface area contributed by atoms with Gasteiger partial charge in [0, 0.05) is 0 Å². The molecular weight excluding hydrogens is 246 g/mol. The van der Waals surface area contributed by atoms with E-state index in [9.17, 15) is 0 Å². The summed E-state index contributed by atoms with van der Waals surface area (Å²) in [5, 5.41) is 0. The molecule has 0 N–H and O–H groups in total. The van der Waals surface area contributed by atoms with Crippen molar-refractivity contribution in [3.05, 3.63) is 0 Å². The van der Waals surface area contributed by atoms with Crippen molar-refractivity contribution in [2.75, 3.05) is 0 Å². The third-order valence-electron chi connectivity index (χ3n) is 0. The minimum absolute atomic E-state index is 0. The Morgan fingerprint density at radius 1 is 1.14 bits per heavy atom. The molecule has 0 saturated heterocycles. The molecule has 0 heterocycles. The quantitative estimate of drug-likeness (QED) is 0.315. The van der Waals surface area contributed by atoms with Crippen LogP contribution in [0.3, 0.4) is 0 Å². The maximum Gasteiger partial charge on any atom is 3.00 e. The van der Waals surface area contributed by atoms with Crippen molar-refractivity contribution in [1.29, 1.82) is 0 Å². The predicted molar refractivity (Wildman–Crippen MR) is 7.61 cm³/mol. The Morgan fingerprint density at radius 3 is 1.14 bits per heavy atom. The Kier molecular flexibility index (Phi) is 14.2. The second kappa shape index (κ2) is 6.18. The SMILES string of the molecule is O=P([O-])([O-])[O-].[Li+].[Nd+3]. The molecule has 1 radical (unpaired) electrons. The summed E-state index contributed by atoms with van der Waals surface area (Å²) in [7, 11) is -5.39. The fraction of sp³-hybridized carbons (Fsp3) is 0. The summed E-state index contributed by atoms with van der Waals surface area (Å²) < 4.78 is 8.55. The molecule has 0 saturated carbocycles. The van der Waals surface area contributed by atoms with Crippen LogP contribution >= 0.6 is 7.82 Å². The van der Waals surface area contributed by atoms with E-state index in [1.54, 1.807) is 0 Å². The van der Waals surface area contributed by atoms with Crippen molar-refractivity contribution in [2.45, 2.75) is 0 Å². The molecule has 0 atom stereocenters. The van der Waals surface area contributed by atoms with Gasteiger partial charge in [-0.1, -0.05) is 0 Å². The molecule has 7 heavy (non-hydrogen) atoms. The van der Waals surface area contributed by atoms with Gasteiger partial charge >= 0.3 is 59.7 Å². The largest absolute Gasteiger partial charge is 3.00 e. The Bertz CT molecular complexity index is 57.8. The van der Waals surface area contributed by atoms with Crippen molar-refractivity contribution < 1.29 is 78.9 Å². The molecule has 0 aliphatic heterocycles. The first-order valence-corrected chi connectivity index (χ1v) is 2.19. The second-order valence-electron chi connectivity index (χ2n) is 0.447. The summed E-state index contributed by atoms with van der Waals surface area (Å²) in [5.41, 5.74) is 0. The summed E-state index contributed by atoms with van der Waals surface area (Å²) in [6.45, 7) is 0. The third kappa shape index (κ3) is 69.8. The molecule has 33 valence electrons. The van der Waals surface area contributed by atoms with Crippen molar-refractivity contribution in [2.24, 2.45) is 0 Å². The minimum Gasteiger partial charge on any atom is -0.822 e. The molecule has 0 unspecified atom stereocenters. The number of hydrogen-bond acceptors (Lipinski definition) is 4. The van der Waals surface area contributed by atoms with Gasteiger partial charge in [0.15, 0.2) is 0 Å². The van der Waals surface area contributed by atoms with Gasteiger partial charge in [0.2, 0.25) is 0 Å². The van der Waals surface area contributed by atoms with E-state index in [0.717, 1.165) is 0 Å². The van der Waals surface area contributed by atoms with E-state index in [4.69, 9.17) is 19.2 Å². The second-order valence-corrected chi connectivity index (χ2v) is 1.34. The van der Waals surface area contributed by atoms with Gasteiger partial charge in [0.05, 0.1) is 0 Å². The molecule has 0 aromatic rings. The van der Waals surface area contributed by atoms with Crippen LogP contribution in [0.5, 0.6) is 0 Å². The standard InChI is InChI=1S/Li.Nd.H3O4P/c;;1-5(2,3)4/h;;(H3,1,2,3,4)/q+1;+3;/p-3. The van der Waals surface area contributed by atoms with Gasteiger partial charge in [-0.05, 0) is 0 Å². The van der Waals surface area contributed by atoms with Crippen LogP contribution in [-0.4, -0.2) is 0 Å². The van der Waals surface area contributed by atoms with Gasteiger partial charge in [-0.3, -0.25) is 0 Å². The molecule has 0 fully saturated rings. The molecule has 0 aromatic heterocycles. The van der Waals surface area contributed by atoms with Gasteiger partial charge in [0.25, 0.3) is 0 Å². The van der Waals surface area contributed by atoms with Crippen molar-refractivity contribution in [3.63, 3.8) is 0 Å². The molecule has 7 heteroatoms. The molecule has 4 nitrogen and oxygen atoms in total. The van der Waals surface area contributed by atoms with Gasteiger partial charge in [0.1, 0.15) is 0 Å². The van der Waals surface area contributed by atoms with Crippen molar-refractivity contribution >= 4 is 7.82 Å². The van der Waals surface area contributed by atoms with Crippen LogP contribution in [0.1, 0.15) is 0 Å². The first kappa shape index (κ1) is 16.0. The monoisotopic (exact) mass is 244 g/mol. The molecule has 0 aliphatic rings. The zero-order valence-electron chi connectivity index (χ0n) is 3.58. The van der Waals surface area contributed by atoms with Gasteiger partial charge in [-0.25, -0.2) is 0 Å². The predicted octanol–water partition coefficient (Wildman–Crippen LogP) is -5.82. The fourth-order valence-electron chi connectivity index (χ4n) is 0. The van der Waals surface area contributed by atoms with Crippen LogP contribution < -0.4 is 33.5 Å². The number of hydrogen-bond donors (Lipinski definition) is 0. The molecule has 0 aromatic carbocycles. The van der Waals surface area contributed by atoms with E-state index in [0.29, 0.717) is 0 Å². The zero-order valence-corrected chi connectivity index (χ0v) is 7.68. The van der Waals surface area contributed by atoms with Crippen molar-refractivity contribution in [1.82, 2.24) is 0 Å². The number of phosphoric acid groups is 1. The Labute approximate surface area is 85.6 Å². The summed E-state index contributed by atoms with van der Waals surface area (Å²) in [6.07, 6.45) is 0. The van der Waals surface area contributed by atoms with Crippen LogP contribution in [0, 0.1) is 40.8 Å². The topological polar surface area (TPSA) is 86.2 Å². The van der Waals surface area contributed by atoms with Crippen LogP contribution in [0.2, 0.25) is 0 Å². The fourth-order valence-corrected chi connectivity index (χ4v) is 0. The summed E-state index contributed by atoms with van der Waals surface area (Å²) >= 11 is 0. The van der Waals surface area contributed by atoms with Gasteiger partial charge in [-0.2, -0.15) is 7.82 Å². The number of rotatable bonds is 0. The first-order valence-electron chi connectivity index (χ1n) is 0.730. The summed E-state index contributed by atoms with van der Waals surface area (Å²) in [6, 6.07) is 0. The van der Waals surface area contributed by atoms with Crippen molar-refractivity contribution in [3.8, 4) is 0 Å². The minimum atomic E-state index is -5.39. The van der Waals surface area contributed by atoms with E-state index in [1.165, 1.54) is 0 Å². The van der Waals surface area contributed by atoms with Crippen LogP contribution in [-0.2, 0) is 4.57 Å². The maximum absolute atomic E-state index is 8.55. The summed E-state index contributed by atoms with van der Waals surface area (Å²) in [5.74, 6) is 0. The molecule has 0 rings (SSSR count). The average molecular weight is 246 g/mol. The van der Waals surface area contributed by atoms with E-state index >= 15 is 0 Å².